The van der Waals surface area contributed by atoms with Gasteiger partial charge >= 0.3 is 6.09 Å². The second-order valence-electron chi connectivity index (χ2n) is 12.8. The zero-order valence-corrected chi connectivity index (χ0v) is 29.0. The number of aryl methyl sites for hydroxylation is 1. The molecule has 8 nitrogen and oxygen atoms in total. The molecule has 3 rings (SSSR count). The standard InChI is InChI=1S/C37H51N3O5S/c1-7-8-9-10-11-14-22-40(35(43)31(21-23-46-6)39-36(44)45-37(3,4)5)33(29-18-20-32(41)26(2)24-29)34(42)38-30-19-17-27-15-12-13-16-28(27)25-30/h12-13,15-20,24-25,31,33,41H,7-11,14,21-23H2,1-6H3,(H,38,42)(H,39,44). The van der Waals surface area contributed by atoms with Crippen LogP contribution in [0.1, 0.15) is 89.8 Å². The Bertz CT molecular complexity index is 1450. The maximum absolute atomic E-state index is 14.5. The SMILES string of the molecule is CCCCCCCCN(C(=O)C(CCSC)NC(=O)OC(C)(C)C)C(C(=O)Nc1ccc2ccccc2c1)c1ccc(O)c(C)c1. The zero-order valence-electron chi connectivity index (χ0n) is 28.2. The van der Waals surface area contributed by atoms with Crippen molar-refractivity contribution < 1.29 is 24.2 Å². The lowest BCUT2D eigenvalue weighted by Gasteiger charge is -2.35. The molecule has 3 aromatic rings. The quantitative estimate of drug-likeness (QED) is 0.135. The van der Waals surface area contributed by atoms with Crippen LogP contribution >= 0.6 is 11.8 Å². The van der Waals surface area contributed by atoms with Crippen molar-refractivity contribution >= 4 is 46.1 Å². The molecule has 3 aromatic carbocycles. The number of hydrogen-bond acceptors (Lipinski definition) is 6. The lowest BCUT2D eigenvalue weighted by atomic mass is 9.99. The minimum atomic E-state index is -1.01. The third kappa shape index (κ3) is 11.3. The van der Waals surface area contributed by atoms with E-state index in [1.807, 2.05) is 48.7 Å². The smallest absolute Gasteiger partial charge is 0.408 e. The number of amides is 3. The molecule has 0 bridgehead atoms. The second-order valence-corrected chi connectivity index (χ2v) is 13.8. The first-order valence-corrected chi connectivity index (χ1v) is 17.7. The Labute approximate surface area is 278 Å². The summed E-state index contributed by atoms with van der Waals surface area (Å²) in [5.74, 6) is 0.0118. The minimum Gasteiger partial charge on any atom is -0.508 e. The molecule has 9 heteroatoms. The summed E-state index contributed by atoms with van der Waals surface area (Å²) < 4.78 is 5.52. The number of anilines is 1. The molecule has 0 saturated carbocycles. The number of ether oxygens (including phenoxy) is 1. The molecule has 0 spiro atoms. The number of benzene rings is 3. The molecule has 0 radical (unpaired) electrons. The van der Waals surface area contributed by atoms with E-state index in [4.69, 9.17) is 4.74 Å². The van der Waals surface area contributed by atoms with Crippen LogP contribution in [0.4, 0.5) is 10.5 Å². The first-order valence-electron chi connectivity index (χ1n) is 16.3. The first-order chi connectivity index (χ1) is 21.9. The van der Waals surface area contributed by atoms with E-state index in [9.17, 15) is 19.5 Å². The summed E-state index contributed by atoms with van der Waals surface area (Å²) in [6.07, 6.45) is 7.70. The van der Waals surface area contributed by atoms with Crippen LogP contribution < -0.4 is 10.6 Å². The lowest BCUT2D eigenvalue weighted by molar-refractivity contribution is -0.141. The van der Waals surface area contributed by atoms with E-state index in [1.165, 1.54) is 0 Å². The summed E-state index contributed by atoms with van der Waals surface area (Å²) in [4.78, 5) is 43.4. The van der Waals surface area contributed by atoms with Crippen molar-refractivity contribution in [3.63, 3.8) is 0 Å². The summed E-state index contributed by atoms with van der Waals surface area (Å²) in [5, 5.41) is 18.2. The van der Waals surface area contributed by atoms with E-state index in [0.29, 0.717) is 42.0 Å². The number of rotatable bonds is 16. The van der Waals surface area contributed by atoms with Crippen molar-refractivity contribution in [2.24, 2.45) is 0 Å². The average Bonchev–Trinajstić information content (AvgIpc) is 3.00. The summed E-state index contributed by atoms with van der Waals surface area (Å²) >= 11 is 1.58. The Morgan fingerprint density at radius 1 is 0.935 bits per heavy atom. The highest BCUT2D eigenvalue weighted by Crippen LogP contribution is 2.30. The lowest BCUT2D eigenvalue weighted by Crippen LogP contribution is -2.52. The summed E-state index contributed by atoms with van der Waals surface area (Å²) in [6, 6.07) is 16.7. The predicted molar refractivity (Wildman–Crippen MR) is 189 cm³/mol. The van der Waals surface area contributed by atoms with Crippen molar-refractivity contribution in [2.45, 2.75) is 97.2 Å². The van der Waals surface area contributed by atoms with E-state index in [2.05, 4.69) is 17.6 Å². The van der Waals surface area contributed by atoms with Gasteiger partial charge in [0.25, 0.3) is 5.91 Å². The number of fused-ring (bicyclic) bond motifs is 1. The van der Waals surface area contributed by atoms with Crippen molar-refractivity contribution in [1.82, 2.24) is 10.2 Å². The van der Waals surface area contributed by atoms with Gasteiger partial charge in [-0.05, 0) is 98.7 Å². The van der Waals surface area contributed by atoms with Crippen molar-refractivity contribution in [1.29, 1.82) is 0 Å². The molecule has 46 heavy (non-hydrogen) atoms. The van der Waals surface area contributed by atoms with Crippen LogP contribution in [-0.4, -0.2) is 58.1 Å². The number of nitrogens with one attached hydrogen (secondary N) is 2. The number of thioether (sulfide) groups is 1. The minimum absolute atomic E-state index is 0.107. The molecule has 0 aromatic heterocycles. The summed E-state index contributed by atoms with van der Waals surface area (Å²) in [6.45, 7) is 9.59. The predicted octanol–water partition coefficient (Wildman–Crippen LogP) is 8.37. The maximum Gasteiger partial charge on any atom is 0.408 e. The Balaban J connectivity index is 2.03. The second kappa shape index (κ2) is 17.8. The number of phenolic OH excluding ortho intramolecular Hbond substituents is 1. The molecule has 0 saturated heterocycles. The number of phenols is 1. The van der Waals surface area contributed by atoms with Gasteiger partial charge < -0.3 is 25.4 Å². The fourth-order valence-corrected chi connectivity index (χ4v) is 5.84. The number of nitrogens with zero attached hydrogens (tertiary/aromatic N) is 1. The van der Waals surface area contributed by atoms with E-state index >= 15 is 0 Å². The third-order valence-corrected chi connectivity index (χ3v) is 8.39. The first kappa shape index (κ1) is 36.7. The number of carbonyl (C=O) groups excluding carboxylic acids is 3. The normalized spacial score (nSPS) is 12.7. The van der Waals surface area contributed by atoms with Crippen LogP contribution in [0.3, 0.4) is 0 Å². The van der Waals surface area contributed by atoms with Gasteiger partial charge in [-0.2, -0.15) is 11.8 Å². The van der Waals surface area contributed by atoms with Gasteiger partial charge in [0.15, 0.2) is 0 Å². The molecular formula is C37H51N3O5S. The highest BCUT2D eigenvalue weighted by Gasteiger charge is 2.36. The van der Waals surface area contributed by atoms with E-state index < -0.39 is 23.8 Å². The molecular weight excluding hydrogens is 598 g/mol. The van der Waals surface area contributed by atoms with E-state index in [0.717, 1.165) is 42.9 Å². The van der Waals surface area contributed by atoms with Gasteiger partial charge in [0.2, 0.25) is 5.91 Å². The molecule has 0 aliphatic rings. The number of alkyl carbamates (subject to hydrolysis) is 1. The molecule has 250 valence electrons. The van der Waals surface area contributed by atoms with Crippen LogP contribution in [0.5, 0.6) is 5.75 Å². The highest BCUT2D eigenvalue weighted by atomic mass is 32.2. The molecule has 0 aliphatic carbocycles. The van der Waals surface area contributed by atoms with Crippen molar-refractivity contribution in [3.8, 4) is 5.75 Å². The van der Waals surface area contributed by atoms with E-state index in [1.54, 1.807) is 62.6 Å². The largest absolute Gasteiger partial charge is 0.508 e. The molecule has 0 aliphatic heterocycles. The number of hydrogen-bond donors (Lipinski definition) is 3. The third-order valence-electron chi connectivity index (χ3n) is 7.75. The molecule has 0 heterocycles. The molecule has 3 N–H and O–H groups in total. The zero-order chi connectivity index (χ0) is 33.7. The van der Waals surface area contributed by atoms with Crippen LogP contribution in [0.25, 0.3) is 10.8 Å². The van der Waals surface area contributed by atoms with Gasteiger partial charge in [0.1, 0.15) is 23.4 Å². The van der Waals surface area contributed by atoms with Crippen molar-refractivity contribution in [2.75, 3.05) is 23.9 Å². The Kier molecular flexibility index (Phi) is 14.2. The van der Waals surface area contributed by atoms with Crippen LogP contribution in [0.2, 0.25) is 0 Å². The number of unbranched alkanes of at least 4 members (excludes halogenated alkanes) is 5. The van der Waals surface area contributed by atoms with Gasteiger partial charge in [-0.1, -0.05) is 75.4 Å². The average molecular weight is 650 g/mol. The Morgan fingerprint density at radius 3 is 2.30 bits per heavy atom. The molecule has 2 atom stereocenters. The van der Waals surface area contributed by atoms with Gasteiger partial charge in [-0.3, -0.25) is 9.59 Å². The monoisotopic (exact) mass is 649 g/mol. The van der Waals surface area contributed by atoms with Crippen LogP contribution in [0.15, 0.2) is 60.7 Å². The maximum atomic E-state index is 14.5. The van der Waals surface area contributed by atoms with Gasteiger partial charge in [0, 0.05) is 12.2 Å². The molecule has 0 fully saturated rings. The fourth-order valence-electron chi connectivity index (χ4n) is 5.37. The number of aromatic hydroxyl groups is 1. The topological polar surface area (TPSA) is 108 Å². The Morgan fingerprint density at radius 2 is 1.63 bits per heavy atom. The number of carbonyl (C=O) groups is 3. The molecule has 2 unspecified atom stereocenters. The van der Waals surface area contributed by atoms with Crippen molar-refractivity contribution in [3.05, 3.63) is 71.8 Å². The van der Waals surface area contributed by atoms with Gasteiger partial charge in [0.05, 0.1) is 0 Å². The van der Waals surface area contributed by atoms with Gasteiger partial charge in [-0.15, -0.1) is 0 Å². The highest BCUT2D eigenvalue weighted by molar-refractivity contribution is 7.98. The summed E-state index contributed by atoms with van der Waals surface area (Å²) in [7, 11) is 0. The van der Waals surface area contributed by atoms with Crippen LogP contribution in [-0.2, 0) is 14.3 Å². The summed E-state index contributed by atoms with van der Waals surface area (Å²) in [5.41, 5.74) is 1.05. The van der Waals surface area contributed by atoms with Crippen LogP contribution in [0, 0.1) is 6.92 Å². The fraction of sp³-hybridized carbons (Fsp3) is 0.486. The van der Waals surface area contributed by atoms with E-state index in [-0.39, 0.29) is 17.6 Å². The molecule has 3 amide bonds. The van der Waals surface area contributed by atoms with Gasteiger partial charge in [-0.25, -0.2) is 4.79 Å². The Hall–Kier alpha value is -3.72.